The maximum absolute atomic E-state index is 14.6. The molecule has 8 nitrogen and oxygen atoms in total. The summed E-state index contributed by atoms with van der Waals surface area (Å²) in [7, 11) is -3.89. The number of nitrogens with zero attached hydrogens (tertiary/aromatic N) is 1. The van der Waals surface area contributed by atoms with Gasteiger partial charge in [-0.2, -0.15) is 0 Å². The zero-order valence-electron chi connectivity index (χ0n) is 18.9. The minimum Gasteiger partial charge on any atom is -0.393 e. The molecular weight excluding hydrogens is 470 g/mol. The van der Waals surface area contributed by atoms with E-state index in [1.807, 2.05) is 0 Å². The van der Waals surface area contributed by atoms with Gasteiger partial charge in [-0.1, -0.05) is 29.4 Å². The Bertz CT molecular complexity index is 1190. The number of aliphatic hydroxyl groups is 1. The fourth-order valence-corrected chi connectivity index (χ4v) is 4.73. The first kappa shape index (κ1) is 25.7. The Kier molecular flexibility index (Phi) is 7.39. The van der Waals surface area contributed by atoms with Crippen LogP contribution in [-0.2, 0) is 25.9 Å². The molecule has 1 aliphatic rings. The monoisotopic (exact) mass is 496 g/mol. The molecule has 3 rings (SSSR count). The van der Waals surface area contributed by atoms with Crippen LogP contribution in [0.3, 0.4) is 0 Å². The minimum absolute atomic E-state index is 0.131. The van der Waals surface area contributed by atoms with Gasteiger partial charge in [0.2, 0.25) is 0 Å². The molecule has 0 saturated carbocycles. The lowest BCUT2D eigenvalue weighted by Crippen LogP contribution is -2.51. The molecule has 0 radical (unpaired) electrons. The van der Waals surface area contributed by atoms with E-state index in [4.69, 9.17) is 10.0 Å². The molecule has 2 aromatic carbocycles. The Labute approximate surface area is 196 Å². The molecule has 3 N–H and O–H groups in total. The number of amides is 1. The van der Waals surface area contributed by atoms with Crippen LogP contribution in [0.2, 0.25) is 0 Å². The first-order valence-corrected chi connectivity index (χ1v) is 12.4. The van der Waals surface area contributed by atoms with Gasteiger partial charge in [-0.25, -0.2) is 22.7 Å². The highest BCUT2D eigenvalue weighted by atomic mass is 32.2. The summed E-state index contributed by atoms with van der Waals surface area (Å²) in [4.78, 5) is 17.3. The van der Waals surface area contributed by atoms with Crippen LogP contribution in [-0.4, -0.2) is 53.6 Å². The molecule has 34 heavy (non-hydrogen) atoms. The Morgan fingerprint density at radius 1 is 1.24 bits per heavy atom. The standard InChI is InChI=1S/C23H26F2N2O6S/c1-13(28)8-14-9-18(24)21(19(25)10-14)16-6-4-15(5-7-16)20-11-17(33-27-20)12-23(2,22(29)26-30)34(3,31)32/h4-7,9-10,13,17,28,30H,8,11-12H2,1-3H3,(H,26,29)/t13?,17-,23?/m1/s1. The van der Waals surface area contributed by atoms with Gasteiger partial charge < -0.3 is 9.94 Å². The first-order valence-electron chi connectivity index (χ1n) is 10.5. The topological polar surface area (TPSA) is 125 Å². The Morgan fingerprint density at radius 3 is 2.29 bits per heavy atom. The largest absolute Gasteiger partial charge is 0.393 e. The number of rotatable bonds is 8. The molecule has 2 unspecified atom stereocenters. The lowest BCUT2D eigenvalue weighted by Gasteiger charge is -2.26. The van der Waals surface area contributed by atoms with Gasteiger partial charge in [0.1, 0.15) is 17.7 Å². The molecule has 0 bridgehead atoms. The molecule has 2 aromatic rings. The molecule has 1 amide bonds. The second-order valence-electron chi connectivity index (χ2n) is 8.68. The van der Waals surface area contributed by atoms with E-state index in [0.29, 0.717) is 22.4 Å². The van der Waals surface area contributed by atoms with E-state index >= 15 is 0 Å². The first-order chi connectivity index (χ1) is 15.9. The van der Waals surface area contributed by atoms with Crippen molar-refractivity contribution in [3.05, 3.63) is 59.2 Å². The molecule has 1 aliphatic heterocycles. The average Bonchev–Trinajstić information content (AvgIpc) is 3.20. The predicted molar refractivity (Wildman–Crippen MR) is 121 cm³/mol. The summed E-state index contributed by atoms with van der Waals surface area (Å²) in [5.41, 5.74) is 2.93. The molecule has 0 spiro atoms. The quantitative estimate of drug-likeness (QED) is 0.381. The average molecular weight is 497 g/mol. The van der Waals surface area contributed by atoms with Gasteiger partial charge >= 0.3 is 0 Å². The highest BCUT2D eigenvalue weighted by Gasteiger charge is 2.47. The predicted octanol–water partition coefficient (Wildman–Crippen LogP) is 2.75. The molecule has 0 saturated heterocycles. The molecule has 184 valence electrons. The SMILES string of the molecule is CC(O)Cc1cc(F)c(-c2ccc(C3=NO[C@@H](CC(C)(C(=O)NO)S(C)(=O)=O)C3)cc2)c(F)c1. The molecular formula is C23H26F2N2O6S. The van der Waals surface area contributed by atoms with Gasteiger partial charge in [0.25, 0.3) is 5.91 Å². The lowest BCUT2D eigenvalue weighted by molar-refractivity contribution is -0.132. The Balaban J connectivity index is 1.76. The fraction of sp³-hybridized carbons (Fsp3) is 0.391. The van der Waals surface area contributed by atoms with E-state index in [1.165, 1.54) is 43.6 Å². The van der Waals surface area contributed by atoms with Crippen molar-refractivity contribution in [1.29, 1.82) is 0 Å². The number of carbonyl (C=O) groups is 1. The van der Waals surface area contributed by atoms with Gasteiger partial charge in [0, 0.05) is 19.1 Å². The molecule has 1 heterocycles. The summed E-state index contributed by atoms with van der Waals surface area (Å²) in [5, 5.41) is 22.4. The van der Waals surface area contributed by atoms with Crippen molar-refractivity contribution in [2.75, 3.05) is 6.26 Å². The van der Waals surface area contributed by atoms with Crippen LogP contribution >= 0.6 is 0 Å². The van der Waals surface area contributed by atoms with Gasteiger partial charge in [0.05, 0.1) is 17.4 Å². The number of hydrogen-bond acceptors (Lipinski definition) is 7. The number of oxime groups is 1. The summed E-state index contributed by atoms with van der Waals surface area (Å²) < 4.78 is 51.6. The molecule has 11 heteroatoms. The van der Waals surface area contributed by atoms with Crippen LogP contribution in [0.25, 0.3) is 11.1 Å². The van der Waals surface area contributed by atoms with Gasteiger partial charge in [-0.3, -0.25) is 10.0 Å². The van der Waals surface area contributed by atoms with Crippen molar-refractivity contribution in [2.45, 2.75) is 50.1 Å². The number of aliphatic hydroxyl groups excluding tert-OH is 1. The van der Waals surface area contributed by atoms with Crippen LogP contribution in [0.5, 0.6) is 0 Å². The van der Waals surface area contributed by atoms with E-state index in [0.717, 1.165) is 6.26 Å². The van der Waals surface area contributed by atoms with Crippen molar-refractivity contribution >= 4 is 21.5 Å². The Hall–Kier alpha value is -2.89. The van der Waals surface area contributed by atoms with Crippen LogP contribution in [0.1, 0.15) is 37.8 Å². The number of sulfone groups is 1. The number of hydroxylamine groups is 1. The number of hydrogen-bond donors (Lipinski definition) is 3. The highest BCUT2D eigenvalue weighted by Crippen LogP contribution is 2.31. The van der Waals surface area contributed by atoms with E-state index in [1.54, 1.807) is 12.1 Å². The van der Waals surface area contributed by atoms with E-state index in [2.05, 4.69) is 5.16 Å². The van der Waals surface area contributed by atoms with Crippen LogP contribution in [0, 0.1) is 11.6 Å². The van der Waals surface area contributed by atoms with Crippen molar-refractivity contribution in [2.24, 2.45) is 5.16 Å². The minimum atomic E-state index is -3.89. The van der Waals surface area contributed by atoms with Crippen molar-refractivity contribution in [1.82, 2.24) is 5.48 Å². The van der Waals surface area contributed by atoms with Gasteiger partial charge in [-0.15, -0.1) is 0 Å². The van der Waals surface area contributed by atoms with Crippen LogP contribution < -0.4 is 5.48 Å². The third-order valence-electron chi connectivity index (χ3n) is 5.89. The third-order valence-corrected chi connectivity index (χ3v) is 7.88. The van der Waals surface area contributed by atoms with Crippen LogP contribution in [0.15, 0.2) is 41.6 Å². The third kappa shape index (κ3) is 5.26. The summed E-state index contributed by atoms with van der Waals surface area (Å²) in [5.74, 6) is -2.56. The summed E-state index contributed by atoms with van der Waals surface area (Å²) >= 11 is 0. The fourth-order valence-electron chi connectivity index (χ4n) is 3.86. The van der Waals surface area contributed by atoms with E-state index < -0.39 is 44.3 Å². The normalized spacial score (nSPS) is 18.6. The maximum Gasteiger partial charge on any atom is 0.264 e. The molecule has 0 aliphatic carbocycles. The second kappa shape index (κ2) is 9.77. The van der Waals surface area contributed by atoms with Crippen molar-refractivity contribution < 1.29 is 37.1 Å². The van der Waals surface area contributed by atoms with Crippen molar-refractivity contribution in [3.63, 3.8) is 0 Å². The van der Waals surface area contributed by atoms with Gasteiger partial charge in [0.15, 0.2) is 14.6 Å². The molecule has 0 aromatic heterocycles. The van der Waals surface area contributed by atoms with E-state index in [-0.39, 0.29) is 24.8 Å². The Morgan fingerprint density at radius 2 is 1.79 bits per heavy atom. The zero-order valence-corrected chi connectivity index (χ0v) is 19.7. The molecule has 0 fully saturated rings. The van der Waals surface area contributed by atoms with Gasteiger partial charge in [-0.05, 0) is 49.1 Å². The number of nitrogens with one attached hydrogen (secondary N) is 1. The summed E-state index contributed by atoms with van der Waals surface area (Å²) in [6.07, 6.45) is -0.476. The maximum atomic E-state index is 14.6. The van der Waals surface area contributed by atoms with Crippen LogP contribution in [0.4, 0.5) is 8.78 Å². The second-order valence-corrected chi connectivity index (χ2v) is 11.1. The molecule has 3 atom stereocenters. The summed E-state index contributed by atoms with van der Waals surface area (Å²) in [6.45, 7) is 2.73. The number of halogens is 2. The lowest BCUT2D eigenvalue weighted by atomic mass is 9.95. The number of benzene rings is 2. The van der Waals surface area contributed by atoms with E-state index in [9.17, 15) is 27.1 Å². The zero-order chi connectivity index (χ0) is 25.3. The smallest absolute Gasteiger partial charge is 0.264 e. The van der Waals surface area contributed by atoms with Crippen molar-refractivity contribution in [3.8, 4) is 11.1 Å². The number of carbonyl (C=O) groups excluding carboxylic acids is 1. The summed E-state index contributed by atoms with van der Waals surface area (Å²) in [6, 6.07) is 8.67. The highest BCUT2D eigenvalue weighted by molar-refractivity contribution is 7.92.